The molecule has 2 nitrogen and oxygen atoms in total. The molecule has 0 saturated heterocycles. The third-order valence-electron chi connectivity index (χ3n) is 2.72. The van der Waals surface area contributed by atoms with Crippen molar-refractivity contribution < 1.29 is 9.90 Å². The van der Waals surface area contributed by atoms with Crippen LogP contribution in [-0.2, 0) is 4.79 Å². The topological polar surface area (TPSA) is 37.3 Å². The Morgan fingerprint density at radius 1 is 0.950 bits per heavy atom. The van der Waals surface area contributed by atoms with Crippen molar-refractivity contribution in [1.82, 2.24) is 0 Å². The van der Waals surface area contributed by atoms with E-state index in [1.807, 2.05) is 12.2 Å². The Labute approximate surface area is 125 Å². The molecule has 1 N–H and O–H groups in total. The van der Waals surface area contributed by atoms with E-state index < -0.39 is 5.97 Å². The molecular weight excluding hydrogens is 248 g/mol. The van der Waals surface area contributed by atoms with Crippen molar-refractivity contribution in [3.05, 3.63) is 37.0 Å². The first-order valence-corrected chi connectivity index (χ1v) is 7.78. The van der Waals surface area contributed by atoms with Gasteiger partial charge in [0.05, 0.1) is 0 Å². The molecule has 0 aromatic carbocycles. The lowest BCUT2D eigenvalue weighted by Crippen LogP contribution is -1.79. The molecular formula is C18H32O2. The van der Waals surface area contributed by atoms with Crippen LogP contribution in [0.25, 0.3) is 0 Å². The highest BCUT2D eigenvalue weighted by Crippen LogP contribution is 2.09. The van der Waals surface area contributed by atoms with Crippen molar-refractivity contribution in [2.24, 2.45) is 0 Å². The van der Waals surface area contributed by atoms with Gasteiger partial charge in [-0.1, -0.05) is 88.8 Å². The van der Waals surface area contributed by atoms with Crippen LogP contribution in [0.4, 0.5) is 0 Å². The zero-order chi connectivity index (χ0) is 15.5. The van der Waals surface area contributed by atoms with Crippen LogP contribution in [0.15, 0.2) is 37.0 Å². The average molecular weight is 280 g/mol. The maximum atomic E-state index is 9.00. The third kappa shape index (κ3) is 30.1. The summed E-state index contributed by atoms with van der Waals surface area (Å²) < 4.78 is 0. The van der Waals surface area contributed by atoms with Gasteiger partial charge in [0.1, 0.15) is 0 Å². The van der Waals surface area contributed by atoms with Gasteiger partial charge in [-0.2, -0.15) is 0 Å². The van der Waals surface area contributed by atoms with E-state index in [9.17, 15) is 0 Å². The first kappa shape index (κ1) is 21.0. The highest BCUT2D eigenvalue weighted by Gasteiger charge is 1.89. The number of aliphatic carboxylic acids is 1. The van der Waals surface area contributed by atoms with Gasteiger partial charge in [-0.25, -0.2) is 0 Å². The van der Waals surface area contributed by atoms with E-state index in [0.29, 0.717) is 0 Å². The van der Waals surface area contributed by atoms with E-state index in [1.54, 1.807) is 6.08 Å². The van der Waals surface area contributed by atoms with Crippen LogP contribution in [-0.4, -0.2) is 11.1 Å². The predicted octanol–water partition coefficient (Wildman–Crippen LogP) is 5.91. The first-order valence-electron chi connectivity index (χ1n) is 7.78. The molecule has 0 saturated carbocycles. The zero-order valence-corrected chi connectivity index (χ0v) is 13.3. The van der Waals surface area contributed by atoms with Crippen molar-refractivity contribution in [2.75, 3.05) is 0 Å². The fourth-order valence-electron chi connectivity index (χ4n) is 1.71. The van der Waals surface area contributed by atoms with Gasteiger partial charge in [-0.15, -0.1) is 0 Å². The number of allylic oxidation sites excluding steroid dienone is 5. The molecule has 0 atom stereocenters. The normalized spacial score (nSPS) is 10.5. The minimum absolute atomic E-state index is 0.833. The highest BCUT2D eigenvalue weighted by atomic mass is 16.4. The Balaban J connectivity index is 0. The lowest BCUT2D eigenvalue weighted by atomic mass is 10.1. The summed E-state index contributed by atoms with van der Waals surface area (Å²) in [6.07, 6.45) is 22.6. The quantitative estimate of drug-likeness (QED) is 0.377. The Bertz CT molecular complexity index is 261. The van der Waals surface area contributed by atoms with Gasteiger partial charge in [0.25, 0.3) is 5.97 Å². The molecule has 0 aromatic rings. The predicted molar refractivity (Wildman–Crippen MR) is 89.0 cm³/mol. The Morgan fingerprint density at radius 3 is 1.95 bits per heavy atom. The minimum Gasteiger partial charge on any atom is -0.481 e. The monoisotopic (exact) mass is 280 g/mol. The van der Waals surface area contributed by atoms with Crippen molar-refractivity contribution in [3.8, 4) is 0 Å². The van der Waals surface area contributed by atoms with Gasteiger partial charge in [0.2, 0.25) is 0 Å². The second kappa shape index (κ2) is 20.0. The maximum absolute atomic E-state index is 9.00. The number of carboxylic acids is 1. The standard InChI is InChI=1S/C16H28.C2H4O2/c1-3-5-7-9-11-13-15-16-14-12-10-8-6-4-2;1-2(3)4/h3,5,7,9,11H,1,4,6,8,10,12-16H2,2H3;1H3,(H,3,4). The highest BCUT2D eigenvalue weighted by molar-refractivity contribution is 5.62. The van der Waals surface area contributed by atoms with Crippen molar-refractivity contribution in [1.29, 1.82) is 0 Å². The summed E-state index contributed by atoms with van der Waals surface area (Å²) in [5.74, 6) is -0.833. The van der Waals surface area contributed by atoms with Crippen LogP contribution in [0.3, 0.4) is 0 Å². The number of hydrogen-bond acceptors (Lipinski definition) is 1. The summed E-state index contributed by atoms with van der Waals surface area (Å²) in [7, 11) is 0. The van der Waals surface area contributed by atoms with Crippen LogP contribution in [0.5, 0.6) is 0 Å². The molecule has 0 aliphatic rings. The maximum Gasteiger partial charge on any atom is 0.300 e. The summed E-state index contributed by atoms with van der Waals surface area (Å²) >= 11 is 0. The van der Waals surface area contributed by atoms with E-state index in [0.717, 1.165) is 6.92 Å². The van der Waals surface area contributed by atoms with Crippen LogP contribution >= 0.6 is 0 Å². The van der Waals surface area contributed by atoms with Gasteiger partial charge in [-0.3, -0.25) is 4.79 Å². The SMILES string of the molecule is C=CC=CC=CCCCCCCCCCC.CC(=O)O. The molecule has 0 aliphatic carbocycles. The molecule has 0 radical (unpaired) electrons. The summed E-state index contributed by atoms with van der Waals surface area (Å²) in [6.45, 7) is 6.98. The molecule has 0 heterocycles. The molecule has 0 rings (SSSR count). The van der Waals surface area contributed by atoms with Gasteiger partial charge >= 0.3 is 0 Å². The smallest absolute Gasteiger partial charge is 0.300 e. The summed E-state index contributed by atoms with van der Waals surface area (Å²) in [5, 5.41) is 7.42. The van der Waals surface area contributed by atoms with E-state index in [4.69, 9.17) is 9.90 Å². The molecule has 0 spiro atoms. The zero-order valence-electron chi connectivity index (χ0n) is 13.3. The van der Waals surface area contributed by atoms with Crippen LogP contribution in [0.2, 0.25) is 0 Å². The molecule has 116 valence electrons. The average Bonchev–Trinajstić information content (AvgIpc) is 2.39. The number of hydrogen-bond donors (Lipinski definition) is 1. The van der Waals surface area contributed by atoms with Gasteiger partial charge < -0.3 is 5.11 Å². The molecule has 0 amide bonds. The number of unbranched alkanes of at least 4 members (excludes halogenated alkanes) is 8. The van der Waals surface area contributed by atoms with Gasteiger partial charge in [0, 0.05) is 6.92 Å². The number of carbonyl (C=O) groups is 1. The molecule has 0 fully saturated rings. The molecule has 0 aliphatic heterocycles. The first-order chi connectivity index (χ1) is 9.65. The fourth-order valence-corrected chi connectivity index (χ4v) is 1.71. The van der Waals surface area contributed by atoms with Crippen LogP contribution < -0.4 is 0 Å². The molecule has 0 bridgehead atoms. The summed E-state index contributed by atoms with van der Waals surface area (Å²) in [5.41, 5.74) is 0. The fraction of sp³-hybridized carbons (Fsp3) is 0.611. The van der Waals surface area contributed by atoms with Crippen LogP contribution in [0, 0.1) is 0 Å². The lowest BCUT2D eigenvalue weighted by molar-refractivity contribution is -0.134. The second-order valence-electron chi connectivity index (χ2n) is 4.83. The largest absolute Gasteiger partial charge is 0.481 e. The number of rotatable bonds is 11. The van der Waals surface area contributed by atoms with E-state index >= 15 is 0 Å². The molecule has 20 heavy (non-hydrogen) atoms. The Hall–Kier alpha value is -1.31. The molecule has 0 unspecified atom stereocenters. The van der Waals surface area contributed by atoms with Gasteiger partial charge in [0.15, 0.2) is 0 Å². The lowest BCUT2D eigenvalue weighted by Gasteiger charge is -1.99. The third-order valence-corrected chi connectivity index (χ3v) is 2.72. The molecule has 0 aromatic heterocycles. The van der Waals surface area contributed by atoms with E-state index in [2.05, 4.69) is 25.7 Å². The van der Waals surface area contributed by atoms with Crippen molar-refractivity contribution >= 4 is 5.97 Å². The molecule has 2 heteroatoms. The van der Waals surface area contributed by atoms with Crippen LogP contribution in [0.1, 0.15) is 71.6 Å². The van der Waals surface area contributed by atoms with Crippen molar-refractivity contribution in [3.63, 3.8) is 0 Å². The van der Waals surface area contributed by atoms with Gasteiger partial charge in [-0.05, 0) is 12.8 Å². The van der Waals surface area contributed by atoms with E-state index in [1.165, 1.54) is 57.8 Å². The minimum atomic E-state index is -0.833. The Morgan fingerprint density at radius 2 is 1.45 bits per heavy atom. The summed E-state index contributed by atoms with van der Waals surface area (Å²) in [4.78, 5) is 9.00. The van der Waals surface area contributed by atoms with E-state index in [-0.39, 0.29) is 0 Å². The Kier molecular flexibility index (Phi) is 21.0. The summed E-state index contributed by atoms with van der Waals surface area (Å²) in [6, 6.07) is 0. The van der Waals surface area contributed by atoms with Crippen molar-refractivity contribution in [2.45, 2.75) is 71.6 Å². The second-order valence-corrected chi connectivity index (χ2v) is 4.83. The number of carboxylic acid groups (broad SMARTS) is 1.